The Labute approximate surface area is 111 Å². The van der Waals surface area contributed by atoms with Gasteiger partial charge in [0.1, 0.15) is 6.61 Å². The number of aromatic carboxylic acids is 1. The lowest BCUT2D eigenvalue weighted by molar-refractivity contribution is 0.0694. The minimum Gasteiger partial charge on any atom is -0.478 e. The van der Waals surface area contributed by atoms with Crippen LogP contribution >= 0.6 is 11.6 Å². The average Bonchev–Trinajstić information content (AvgIpc) is 2.30. The maximum absolute atomic E-state index is 10.8. The Morgan fingerprint density at radius 2 is 2.22 bits per heavy atom. The standard InChI is InChI=1S/C12H16ClNO4/c1-8(2)7-17-3-4-18-11-5-9(12(15)16)10(13)6-14-11/h5-6,8H,3-4,7H2,1-2H3,(H,15,16). The van der Waals surface area contributed by atoms with Crippen molar-refractivity contribution in [3.63, 3.8) is 0 Å². The zero-order chi connectivity index (χ0) is 13.5. The van der Waals surface area contributed by atoms with Gasteiger partial charge in [-0.3, -0.25) is 0 Å². The summed E-state index contributed by atoms with van der Waals surface area (Å²) in [4.78, 5) is 14.7. The van der Waals surface area contributed by atoms with Crippen LogP contribution < -0.4 is 4.74 Å². The Bertz CT molecular complexity index is 409. The van der Waals surface area contributed by atoms with E-state index in [9.17, 15) is 4.79 Å². The molecule has 1 aromatic rings. The number of rotatable bonds is 7. The highest BCUT2D eigenvalue weighted by molar-refractivity contribution is 6.33. The van der Waals surface area contributed by atoms with E-state index in [1.165, 1.54) is 12.3 Å². The van der Waals surface area contributed by atoms with Crippen LogP contribution in [0.15, 0.2) is 12.3 Å². The Kier molecular flexibility index (Phi) is 5.88. The maximum atomic E-state index is 10.8. The molecule has 0 bridgehead atoms. The predicted molar refractivity (Wildman–Crippen MR) is 67.4 cm³/mol. The molecule has 5 nitrogen and oxygen atoms in total. The molecule has 0 saturated carbocycles. The van der Waals surface area contributed by atoms with Crippen molar-refractivity contribution in [2.75, 3.05) is 19.8 Å². The van der Waals surface area contributed by atoms with Crippen molar-refractivity contribution in [2.24, 2.45) is 5.92 Å². The van der Waals surface area contributed by atoms with Crippen LogP contribution in [0.5, 0.6) is 5.88 Å². The average molecular weight is 274 g/mol. The molecule has 0 aliphatic rings. The molecule has 0 amide bonds. The van der Waals surface area contributed by atoms with Crippen molar-refractivity contribution >= 4 is 17.6 Å². The lowest BCUT2D eigenvalue weighted by Gasteiger charge is -2.08. The van der Waals surface area contributed by atoms with Crippen molar-refractivity contribution in [3.8, 4) is 5.88 Å². The molecule has 0 aromatic carbocycles. The summed E-state index contributed by atoms with van der Waals surface area (Å²) in [5, 5.41) is 8.96. The molecule has 0 spiro atoms. The highest BCUT2D eigenvalue weighted by atomic mass is 35.5. The molecule has 1 aromatic heterocycles. The highest BCUT2D eigenvalue weighted by Crippen LogP contribution is 2.19. The van der Waals surface area contributed by atoms with Crippen LogP contribution in [0.25, 0.3) is 0 Å². The van der Waals surface area contributed by atoms with Gasteiger partial charge in [-0.2, -0.15) is 0 Å². The number of ether oxygens (including phenoxy) is 2. The second-order valence-corrected chi connectivity index (χ2v) is 4.53. The zero-order valence-electron chi connectivity index (χ0n) is 10.4. The third kappa shape index (κ3) is 4.89. The van der Waals surface area contributed by atoms with E-state index in [0.717, 1.165) is 0 Å². The van der Waals surface area contributed by atoms with E-state index in [1.54, 1.807) is 0 Å². The van der Waals surface area contributed by atoms with Gasteiger partial charge in [-0.05, 0) is 5.92 Å². The van der Waals surface area contributed by atoms with Gasteiger partial charge in [0, 0.05) is 12.7 Å². The lowest BCUT2D eigenvalue weighted by atomic mass is 10.2. The molecule has 100 valence electrons. The van der Waals surface area contributed by atoms with Gasteiger partial charge < -0.3 is 14.6 Å². The van der Waals surface area contributed by atoms with Crippen LogP contribution in [-0.4, -0.2) is 35.9 Å². The van der Waals surface area contributed by atoms with Crippen LogP contribution in [0.3, 0.4) is 0 Å². The normalized spacial score (nSPS) is 10.7. The molecule has 0 aliphatic heterocycles. The number of hydrogen-bond acceptors (Lipinski definition) is 4. The molecule has 18 heavy (non-hydrogen) atoms. The first-order valence-electron chi connectivity index (χ1n) is 5.60. The van der Waals surface area contributed by atoms with E-state index in [4.69, 9.17) is 26.2 Å². The summed E-state index contributed by atoms with van der Waals surface area (Å²) >= 11 is 5.69. The fraction of sp³-hybridized carbons (Fsp3) is 0.500. The Hall–Kier alpha value is -1.33. The fourth-order valence-electron chi connectivity index (χ4n) is 1.19. The summed E-state index contributed by atoms with van der Waals surface area (Å²) in [6.45, 7) is 5.53. The molecule has 6 heteroatoms. The molecule has 0 saturated heterocycles. The number of carboxylic acid groups (broad SMARTS) is 1. The molecule has 0 fully saturated rings. The SMILES string of the molecule is CC(C)COCCOc1cc(C(=O)O)c(Cl)cn1. The number of carboxylic acids is 1. The number of nitrogens with zero attached hydrogens (tertiary/aromatic N) is 1. The van der Waals surface area contributed by atoms with E-state index in [1.807, 2.05) is 0 Å². The summed E-state index contributed by atoms with van der Waals surface area (Å²) < 4.78 is 10.6. The van der Waals surface area contributed by atoms with Crippen LogP contribution in [0.4, 0.5) is 0 Å². The van der Waals surface area contributed by atoms with Gasteiger partial charge >= 0.3 is 5.97 Å². The lowest BCUT2D eigenvalue weighted by Crippen LogP contribution is -2.11. The van der Waals surface area contributed by atoms with E-state index < -0.39 is 5.97 Å². The molecular weight excluding hydrogens is 258 g/mol. The van der Waals surface area contributed by atoms with Crippen molar-refractivity contribution in [1.82, 2.24) is 4.98 Å². The summed E-state index contributed by atoms with van der Waals surface area (Å²) in [5.74, 6) is -0.412. The molecule has 1 rings (SSSR count). The van der Waals surface area contributed by atoms with Crippen molar-refractivity contribution < 1.29 is 19.4 Å². The summed E-state index contributed by atoms with van der Waals surface area (Å²) in [6, 6.07) is 1.30. The number of pyridine rings is 1. The van der Waals surface area contributed by atoms with Crippen molar-refractivity contribution in [1.29, 1.82) is 0 Å². The van der Waals surface area contributed by atoms with Crippen LogP contribution in [0.1, 0.15) is 24.2 Å². The minimum atomic E-state index is -1.11. The van der Waals surface area contributed by atoms with Crippen molar-refractivity contribution in [3.05, 3.63) is 22.8 Å². The van der Waals surface area contributed by atoms with Gasteiger partial charge in [0.15, 0.2) is 0 Å². The highest BCUT2D eigenvalue weighted by Gasteiger charge is 2.10. The first-order valence-corrected chi connectivity index (χ1v) is 5.98. The zero-order valence-corrected chi connectivity index (χ0v) is 11.1. The summed E-state index contributed by atoms with van der Waals surface area (Å²) in [5.41, 5.74) is -0.0234. The van der Waals surface area contributed by atoms with Gasteiger partial charge in [0.25, 0.3) is 0 Å². The number of carbonyl (C=O) groups is 1. The largest absolute Gasteiger partial charge is 0.478 e. The van der Waals surface area contributed by atoms with E-state index >= 15 is 0 Å². The molecule has 0 aliphatic carbocycles. The van der Waals surface area contributed by atoms with Gasteiger partial charge in [0.05, 0.1) is 23.4 Å². The monoisotopic (exact) mass is 273 g/mol. The van der Waals surface area contributed by atoms with Gasteiger partial charge in [-0.1, -0.05) is 25.4 Å². The van der Waals surface area contributed by atoms with Crippen LogP contribution in [0, 0.1) is 5.92 Å². The van der Waals surface area contributed by atoms with Crippen LogP contribution in [0.2, 0.25) is 5.02 Å². The third-order valence-corrected chi connectivity index (χ3v) is 2.29. The molecule has 0 unspecified atom stereocenters. The Balaban J connectivity index is 2.43. The predicted octanol–water partition coefficient (Wildman–Crippen LogP) is 2.48. The Morgan fingerprint density at radius 3 is 2.83 bits per heavy atom. The Morgan fingerprint density at radius 1 is 1.50 bits per heavy atom. The topological polar surface area (TPSA) is 68.7 Å². The quantitative estimate of drug-likeness (QED) is 0.773. The van der Waals surface area contributed by atoms with Gasteiger partial charge in [-0.25, -0.2) is 9.78 Å². The minimum absolute atomic E-state index is 0.0234. The molecule has 1 heterocycles. The van der Waals surface area contributed by atoms with E-state index in [0.29, 0.717) is 25.7 Å². The smallest absolute Gasteiger partial charge is 0.337 e. The number of halogens is 1. The number of aromatic nitrogens is 1. The fourth-order valence-corrected chi connectivity index (χ4v) is 1.37. The van der Waals surface area contributed by atoms with E-state index in [2.05, 4.69) is 18.8 Å². The summed E-state index contributed by atoms with van der Waals surface area (Å²) in [7, 11) is 0. The second-order valence-electron chi connectivity index (χ2n) is 4.12. The first-order chi connectivity index (χ1) is 8.50. The number of hydrogen-bond donors (Lipinski definition) is 1. The first kappa shape index (κ1) is 14.7. The van der Waals surface area contributed by atoms with E-state index in [-0.39, 0.29) is 16.5 Å². The molecule has 0 radical (unpaired) electrons. The molecule has 1 N–H and O–H groups in total. The maximum Gasteiger partial charge on any atom is 0.337 e. The summed E-state index contributed by atoms with van der Waals surface area (Å²) in [6.07, 6.45) is 1.26. The van der Waals surface area contributed by atoms with Crippen LogP contribution in [-0.2, 0) is 4.74 Å². The second kappa shape index (κ2) is 7.18. The van der Waals surface area contributed by atoms with Crippen molar-refractivity contribution in [2.45, 2.75) is 13.8 Å². The van der Waals surface area contributed by atoms with Gasteiger partial charge in [-0.15, -0.1) is 0 Å². The third-order valence-electron chi connectivity index (χ3n) is 1.99. The molecule has 0 atom stereocenters. The molecular formula is C12H16ClNO4. The van der Waals surface area contributed by atoms with Gasteiger partial charge in [0.2, 0.25) is 5.88 Å².